The summed E-state index contributed by atoms with van der Waals surface area (Å²) < 4.78 is 29.8. The van der Waals surface area contributed by atoms with Crippen LogP contribution in [0.5, 0.6) is 0 Å². The van der Waals surface area contributed by atoms with Gasteiger partial charge in [0.25, 0.3) is 0 Å². The number of carbonyl (C=O) groups is 1. The Morgan fingerprint density at radius 2 is 1.12 bits per heavy atom. The molecule has 2 saturated heterocycles. The molecule has 2 aromatic heterocycles. The van der Waals surface area contributed by atoms with E-state index < -0.39 is 17.7 Å². The molecule has 4 aromatic rings. The Morgan fingerprint density at radius 1 is 0.643 bits per heavy atom. The average molecular weight is 570 g/mol. The maximum absolute atomic E-state index is 14.9. The van der Waals surface area contributed by atoms with E-state index in [2.05, 4.69) is 35.7 Å². The van der Waals surface area contributed by atoms with Crippen molar-refractivity contribution in [2.45, 2.75) is 19.3 Å². The summed E-state index contributed by atoms with van der Waals surface area (Å²) >= 11 is 0. The third-order valence-electron chi connectivity index (χ3n) is 7.72. The van der Waals surface area contributed by atoms with E-state index in [-0.39, 0.29) is 11.4 Å². The third kappa shape index (κ3) is 6.33. The second-order valence-electron chi connectivity index (χ2n) is 10.6. The number of aromatic nitrogens is 2. The standard InChI is InChI=1S/C32H33F2N7O/c33-26-18-22(24-6-10-30(36-20-24)40-14-2-1-3-15-40)4-8-28(26)38-32(42)39-29-9-5-23(19-27(29)34)25-7-11-31(37-21-25)41-16-12-35-13-17-41/h4-11,18-21,35H,1-3,12-17H2,(H2,38,39,42). The Kier molecular flexibility index (Phi) is 8.23. The first-order valence-corrected chi connectivity index (χ1v) is 14.3. The van der Waals surface area contributed by atoms with Crippen molar-refractivity contribution < 1.29 is 13.6 Å². The minimum absolute atomic E-state index is 0.0122. The number of carbonyl (C=O) groups excluding carboxylic acids is 1. The molecule has 42 heavy (non-hydrogen) atoms. The van der Waals surface area contributed by atoms with Gasteiger partial charge in [-0.2, -0.15) is 0 Å². The maximum atomic E-state index is 14.9. The number of anilines is 4. The molecule has 0 unspecified atom stereocenters. The van der Waals surface area contributed by atoms with Crippen LogP contribution in [0.2, 0.25) is 0 Å². The highest BCUT2D eigenvalue weighted by Crippen LogP contribution is 2.28. The summed E-state index contributed by atoms with van der Waals surface area (Å²) in [5, 5.41) is 8.25. The quantitative estimate of drug-likeness (QED) is 0.259. The fraction of sp³-hybridized carbons (Fsp3) is 0.281. The fourth-order valence-electron chi connectivity index (χ4n) is 5.37. The lowest BCUT2D eigenvalue weighted by Crippen LogP contribution is -2.43. The highest BCUT2D eigenvalue weighted by atomic mass is 19.1. The Balaban J connectivity index is 1.07. The first-order chi connectivity index (χ1) is 20.5. The summed E-state index contributed by atoms with van der Waals surface area (Å²) in [4.78, 5) is 26.1. The van der Waals surface area contributed by atoms with E-state index in [1.807, 2.05) is 24.3 Å². The summed E-state index contributed by atoms with van der Waals surface area (Å²) in [5.41, 5.74) is 2.80. The molecular formula is C32H33F2N7O. The van der Waals surface area contributed by atoms with Crippen molar-refractivity contribution in [3.8, 4) is 22.3 Å². The molecule has 0 aliphatic carbocycles. The molecule has 0 radical (unpaired) electrons. The number of rotatable bonds is 6. The zero-order valence-electron chi connectivity index (χ0n) is 23.2. The highest BCUT2D eigenvalue weighted by molar-refractivity contribution is 6.00. The number of piperidine rings is 1. The average Bonchev–Trinajstić information content (AvgIpc) is 3.04. The molecule has 3 N–H and O–H groups in total. The molecule has 2 aliphatic rings. The van der Waals surface area contributed by atoms with E-state index >= 15 is 0 Å². The van der Waals surface area contributed by atoms with E-state index in [1.54, 1.807) is 24.5 Å². The van der Waals surface area contributed by atoms with Gasteiger partial charge in [-0.1, -0.05) is 12.1 Å². The Bertz CT molecular complexity index is 1420. The van der Waals surface area contributed by atoms with Gasteiger partial charge in [-0.3, -0.25) is 0 Å². The summed E-state index contributed by atoms with van der Waals surface area (Å²) in [5.74, 6) is 0.605. The van der Waals surface area contributed by atoms with Gasteiger partial charge in [0.15, 0.2) is 0 Å². The predicted molar refractivity (Wildman–Crippen MR) is 163 cm³/mol. The van der Waals surface area contributed by atoms with Crippen molar-refractivity contribution in [1.29, 1.82) is 0 Å². The largest absolute Gasteiger partial charge is 0.357 e. The molecule has 0 bridgehead atoms. The van der Waals surface area contributed by atoms with Gasteiger partial charge in [-0.25, -0.2) is 23.5 Å². The van der Waals surface area contributed by atoms with Crippen LogP contribution < -0.4 is 25.8 Å². The molecule has 0 spiro atoms. The molecule has 4 heterocycles. The molecule has 10 heteroatoms. The van der Waals surface area contributed by atoms with Crippen molar-refractivity contribution >= 4 is 29.0 Å². The molecular weight excluding hydrogens is 536 g/mol. The lowest BCUT2D eigenvalue weighted by atomic mass is 10.1. The normalized spacial score (nSPS) is 15.4. The van der Waals surface area contributed by atoms with Gasteiger partial charge in [0.1, 0.15) is 23.3 Å². The van der Waals surface area contributed by atoms with Crippen molar-refractivity contribution in [1.82, 2.24) is 15.3 Å². The molecule has 0 atom stereocenters. The number of hydrogen-bond acceptors (Lipinski definition) is 6. The molecule has 216 valence electrons. The molecule has 0 saturated carbocycles. The van der Waals surface area contributed by atoms with Crippen LogP contribution in [0.25, 0.3) is 22.3 Å². The monoisotopic (exact) mass is 569 g/mol. The number of hydrogen-bond donors (Lipinski definition) is 3. The molecule has 6 rings (SSSR count). The number of nitrogens with zero attached hydrogens (tertiary/aromatic N) is 4. The number of halogens is 2. The van der Waals surface area contributed by atoms with Gasteiger partial charge in [-0.15, -0.1) is 0 Å². The first kappa shape index (κ1) is 27.6. The van der Waals surface area contributed by atoms with E-state index in [1.165, 1.54) is 30.7 Å². The predicted octanol–water partition coefficient (Wildman–Crippen LogP) is 6.13. The minimum Gasteiger partial charge on any atom is -0.357 e. The Hall–Kier alpha value is -4.57. The molecule has 2 fully saturated rings. The van der Waals surface area contributed by atoms with Crippen molar-refractivity contribution in [2.75, 3.05) is 59.7 Å². The van der Waals surface area contributed by atoms with E-state index in [0.717, 1.165) is 74.9 Å². The van der Waals surface area contributed by atoms with Crippen LogP contribution in [-0.4, -0.2) is 55.3 Å². The number of urea groups is 1. The van der Waals surface area contributed by atoms with Crippen molar-refractivity contribution in [3.63, 3.8) is 0 Å². The zero-order chi connectivity index (χ0) is 28.9. The van der Waals surface area contributed by atoms with Gasteiger partial charge >= 0.3 is 6.03 Å². The van der Waals surface area contributed by atoms with Crippen LogP contribution in [0.15, 0.2) is 73.1 Å². The molecule has 2 aliphatic heterocycles. The highest BCUT2D eigenvalue weighted by Gasteiger charge is 2.15. The fourth-order valence-corrected chi connectivity index (χ4v) is 5.37. The van der Waals surface area contributed by atoms with Crippen LogP contribution >= 0.6 is 0 Å². The van der Waals surface area contributed by atoms with E-state index in [4.69, 9.17) is 0 Å². The summed E-state index contributed by atoms with van der Waals surface area (Å²) in [6.07, 6.45) is 7.04. The number of nitrogens with one attached hydrogen (secondary N) is 3. The maximum Gasteiger partial charge on any atom is 0.323 e. The SMILES string of the molecule is O=C(Nc1ccc(-c2ccc(N3CCCCC3)nc2)cc1F)Nc1ccc(-c2ccc(N3CCNCC3)nc2)cc1F. The first-order valence-electron chi connectivity index (χ1n) is 14.3. The van der Waals surface area contributed by atoms with Crippen LogP contribution in [0.3, 0.4) is 0 Å². The molecule has 2 amide bonds. The number of amides is 2. The van der Waals surface area contributed by atoms with Crippen LogP contribution in [0.1, 0.15) is 19.3 Å². The summed E-state index contributed by atoms with van der Waals surface area (Å²) in [7, 11) is 0. The van der Waals surface area contributed by atoms with Crippen molar-refractivity contribution in [3.05, 3.63) is 84.7 Å². The van der Waals surface area contributed by atoms with Gasteiger partial charge in [0.05, 0.1) is 11.4 Å². The second kappa shape index (κ2) is 12.5. The number of piperazine rings is 1. The van der Waals surface area contributed by atoms with Gasteiger partial charge in [0, 0.05) is 62.8 Å². The minimum atomic E-state index is -0.747. The zero-order valence-corrected chi connectivity index (χ0v) is 23.2. The lowest BCUT2D eigenvalue weighted by molar-refractivity contribution is 0.262. The second-order valence-corrected chi connectivity index (χ2v) is 10.6. The number of benzene rings is 2. The molecule has 8 nitrogen and oxygen atoms in total. The van der Waals surface area contributed by atoms with Crippen molar-refractivity contribution in [2.24, 2.45) is 0 Å². The number of pyridine rings is 2. The summed E-state index contributed by atoms with van der Waals surface area (Å²) in [6, 6.07) is 16.1. The Morgan fingerprint density at radius 3 is 1.57 bits per heavy atom. The third-order valence-corrected chi connectivity index (χ3v) is 7.72. The Labute approximate surface area is 243 Å². The van der Waals surface area contributed by atoms with E-state index in [0.29, 0.717) is 11.1 Å². The van der Waals surface area contributed by atoms with Gasteiger partial charge in [0.2, 0.25) is 0 Å². The smallest absolute Gasteiger partial charge is 0.323 e. The van der Waals surface area contributed by atoms with Gasteiger partial charge < -0.3 is 25.8 Å². The summed E-state index contributed by atoms with van der Waals surface area (Å²) in [6.45, 7) is 5.61. The lowest BCUT2D eigenvalue weighted by Gasteiger charge is -2.28. The van der Waals surface area contributed by atoms with Crippen LogP contribution in [0.4, 0.5) is 36.6 Å². The van der Waals surface area contributed by atoms with Crippen LogP contribution in [-0.2, 0) is 0 Å². The van der Waals surface area contributed by atoms with E-state index in [9.17, 15) is 13.6 Å². The van der Waals surface area contributed by atoms with Gasteiger partial charge in [-0.05, 0) is 78.9 Å². The van der Waals surface area contributed by atoms with Crippen LogP contribution in [0, 0.1) is 11.6 Å². The topological polar surface area (TPSA) is 85.4 Å². The molecule has 2 aromatic carbocycles.